The molecule has 73 heavy (non-hydrogen) atoms. The van der Waals surface area contributed by atoms with Crippen molar-refractivity contribution in [3.8, 4) is 21.6 Å². The summed E-state index contributed by atoms with van der Waals surface area (Å²) in [5.74, 6) is -2.59. The van der Waals surface area contributed by atoms with Crippen LogP contribution in [0.1, 0.15) is 81.8 Å². The molecule has 0 aliphatic carbocycles. The number of hydrogen-bond acceptors (Lipinski definition) is 13. The lowest BCUT2D eigenvalue weighted by Crippen LogP contribution is -2.57. The summed E-state index contributed by atoms with van der Waals surface area (Å²) >= 11 is 1.56. The molecule has 3 aromatic carbocycles. The number of benzene rings is 3. The molecular weight excluding hydrogens is 955 g/mol. The van der Waals surface area contributed by atoms with Crippen LogP contribution in [0.3, 0.4) is 0 Å². The average Bonchev–Trinajstić information content (AvgIpc) is 4.00. The van der Waals surface area contributed by atoms with Gasteiger partial charge in [0.2, 0.25) is 23.6 Å². The molecule has 16 nitrogen and oxygen atoms in total. The van der Waals surface area contributed by atoms with Gasteiger partial charge in [-0.1, -0.05) is 57.2 Å². The number of piperidine rings is 1. The Morgan fingerprint density at radius 1 is 0.973 bits per heavy atom. The number of carbonyl (C=O) groups is 4. The van der Waals surface area contributed by atoms with E-state index in [0.29, 0.717) is 85.7 Å². The largest absolute Gasteiger partial charge is 0.391 e. The topological polar surface area (TPSA) is 206 Å². The molecule has 5 heterocycles. The highest BCUT2D eigenvalue weighted by atomic mass is 32.1. The van der Waals surface area contributed by atoms with Gasteiger partial charge in [0.05, 0.1) is 58.3 Å². The number of amides is 4. The molecule has 3 saturated heterocycles. The summed E-state index contributed by atoms with van der Waals surface area (Å²) in [6.07, 6.45) is 5.32. The number of nitrogens with one attached hydrogen (secondary N) is 4. The number of morpholine rings is 1. The number of para-hydroxylation sites is 1. The molecule has 5 aromatic rings. The maximum Gasteiger partial charge on any atom is 0.246 e. The van der Waals surface area contributed by atoms with Gasteiger partial charge < -0.3 is 41.0 Å². The summed E-state index contributed by atoms with van der Waals surface area (Å²) < 4.78 is 36.3. The van der Waals surface area contributed by atoms with E-state index in [0.717, 1.165) is 21.7 Å². The van der Waals surface area contributed by atoms with Gasteiger partial charge in [0.15, 0.2) is 0 Å². The quantitative estimate of drug-likeness (QED) is 0.0646. The summed E-state index contributed by atoms with van der Waals surface area (Å²) in [5, 5.41) is 28.0. The second-order valence-corrected chi connectivity index (χ2v) is 21.0. The number of aromatic nitrogens is 3. The van der Waals surface area contributed by atoms with Gasteiger partial charge in [-0.05, 0) is 66.5 Å². The van der Waals surface area contributed by atoms with Crippen LogP contribution in [-0.2, 0) is 37.0 Å². The number of likely N-dealkylation sites (tertiary alicyclic amines) is 2. The van der Waals surface area contributed by atoms with Gasteiger partial charge in [0, 0.05) is 100 Å². The van der Waals surface area contributed by atoms with Crippen molar-refractivity contribution < 1.29 is 37.8 Å². The van der Waals surface area contributed by atoms with E-state index in [1.54, 1.807) is 52.3 Å². The Bertz CT molecular complexity index is 2820. The molecule has 3 fully saturated rings. The molecule has 5 N–H and O–H groups in total. The van der Waals surface area contributed by atoms with Crippen molar-refractivity contribution in [1.82, 2.24) is 45.6 Å². The van der Waals surface area contributed by atoms with Crippen LogP contribution in [0.25, 0.3) is 38.2 Å². The number of allylic oxidation sites excluding steroid dienone is 1. The van der Waals surface area contributed by atoms with Crippen molar-refractivity contribution in [2.45, 2.75) is 104 Å². The van der Waals surface area contributed by atoms with Gasteiger partial charge in [-0.3, -0.25) is 29.1 Å². The maximum absolute atomic E-state index is 15.4. The van der Waals surface area contributed by atoms with Crippen LogP contribution in [0.15, 0.2) is 72.5 Å². The van der Waals surface area contributed by atoms with Crippen molar-refractivity contribution >= 4 is 57.8 Å². The first-order valence-electron chi connectivity index (χ1n) is 24.9. The van der Waals surface area contributed by atoms with Crippen LogP contribution >= 0.6 is 11.3 Å². The van der Waals surface area contributed by atoms with Gasteiger partial charge in [-0.15, -0.1) is 11.3 Å². The Balaban J connectivity index is 0.801. The third-order valence-corrected chi connectivity index (χ3v) is 14.8. The van der Waals surface area contributed by atoms with Gasteiger partial charge in [-0.25, -0.2) is 18.7 Å². The SMILES string of the molecule is Cc1ncsc1-c1ccc(CNC(=O)C2CC(O)CN2C(=O)[C@@H](NC(=O)CCCC(=O)N2CCC(N/C=C(\C=N)c3cnc4cccc(-c5cc(F)c(CN6CCOCC6)c(F)c5)c4n3)CC2)C(C)(C)C)cc1. The van der Waals surface area contributed by atoms with Crippen LogP contribution in [0.4, 0.5) is 8.78 Å². The lowest BCUT2D eigenvalue weighted by Gasteiger charge is -2.35. The molecule has 8 rings (SSSR count). The third-order valence-electron chi connectivity index (χ3n) is 13.8. The van der Waals surface area contributed by atoms with E-state index in [2.05, 4.69) is 25.9 Å². The van der Waals surface area contributed by atoms with Crippen LogP contribution in [0.2, 0.25) is 0 Å². The van der Waals surface area contributed by atoms with Crippen LogP contribution < -0.4 is 16.0 Å². The van der Waals surface area contributed by atoms with Crippen molar-refractivity contribution in [3.63, 3.8) is 0 Å². The lowest BCUT2D eigenvalue weighted by atomic mass is 9.85. The highest BCUT2D eigenvalue weighted by Gasteiger charge is 2.44. The fourth-order valence-electron chi connectivity index (χ4n) is 9.56. The summed E-state index contributed by atoms with van der Waals surface area (Å²) in [7, 11) is 0. The van der Waals surface area contributed by atoms with E-state index < -0.39 is 41.1 Å². The zero-order valence-electron chi connectivity index (χ0n) is 41.8. The van der Waals surface area contributed by atoms with Crippen LogP contribution in [0, 0.1) is 29.4 Å². The third kappa shape index (κ3) is 13.0. The Morgan fingerprint density at radius 3 is 2.37 bits per heavy atom. The van der Waals surface area contributed by atoms with E-state index >= 15 is 8.78 Å². The number of aliphatic hydroxyl groups excluding tert-OH is 1. The summed E-state index contributed by atoms with van der Waals surface area (Å²) in [6.45, 7) is 11.0. The Hall–Kier alpha value is -6.54. The predicted molar refractivity (Wildman–Crippen MR) is 276 cm³/mol. The predicted octanol–water partition coefficient (Wildman–Crippen LogP) is 6.39. The monoisotopic (exact) mass is 1020 g/mol. The molecule has 0 radical (unpaired) electrons. The molecule has 0 saturated carbocycles. The number of fused-ring (bicyclic) bond motifs is 1. The van der Waals surface area contributed by atoms with Crippen molar-refractivity contribution in [2.24, 2.45) is 5.41 Å². The first-order chi connectivity index (χ1) is 35.1. The first-order valence-corrected chi connectivity index (χ1v) is 25.8. The molecule has 0 bridgehead atoms. The average molecular weight is 1020 g/mol. The Labute approximate surface area is 428 Å². The lowest BCUT2D eigenvalue weighted by molar-refractivity contribution is -0.144. The van der Waals surface area contributed by atoms with E-state index in [4.69, 9.17) is 15.1 Å². The number of hydrogen-bond donors (Lipinski definition) is 5. The van der Waals surface area contributed by atoms with Crippen molar-refractivity contribution in [3.05, 3.63) is 107 Å². The van der Waals surface area contributed by atoms with Crippen LogP contribution in [0.5, 0.6) is 0 Å². The number of β-amino-alcohol motifs (C(OH)–C–C–N with tert-alkyl or cyclic N) is 1. The number of aliphatic hydroxyl groups is 1. The number of nitrogens with zero attached hydrogens (tertiary/aromatic N) is 6. The smallest absolute Gasteiger partial charge is 0.246 e. The van der Waals surface area contributed by atoms with Gasteiger partial charge in [0.25, 0.3) is 0 Å². The van der Waals surface area contributed by atoms with Gasteiger partial charge >= 0.3 is 0 Å². The summed E-state index contributed by atoms with van der Waals surface area (Å²) in [6, 6.07) is 13.9. The zero-order valence-corrected chi connectivity index (χ0v) is 42.6. The maximum atomic E-state index is 15.4. The normalized spacial score (nSPS) is 18.4. The number of carbonyl (C=O) groups excluding carboxylic acids is 4. The number of halogens is 2. The molecule has 386 valence electrons. The second-order valence-electron chi connectivity index (χ2n) is 20.1. The molecule has 3 aliphatic heterocycles. The van der Waals surface area contributed by atoms with Crippen LogP contribution in [-0.4, -0.2) is 135 Å². The minimum atomic E-state index is -0.982. The number of ether oxygens (including phenoxy) is 1. The minimum absolute atomic E-state index is 0.00144. The fraction of sp³-hybridized carbons (Fsp3) is 0.444. The summed E-state index contributed by atoms with van der Waals surface area (Å²) in [5.41, 5.74) is 6.62. The molecule has 19 heteroatoms. The van der Waals surface area contributed by atoms with E-state index in [1.165, 1.54) is 23.2 Å². The van der Waals surface area contributed by atoms with E-state index in [-0.39, 0.29) is 74.6 Å². The molecule has 3 aliphatic rings. The zero-order chi connectivity index (χ0) is 51.8. The second kappa shape index (κ2) is 23.6. The summed E-state index contributed by atoms with van der Waals surface area (Å²) in [4.78, 5) is 74.2. The molecule has 0 spiro atoms. The van der Waals surface area contributed by atoms with Gasteiger partial charge in [0.1, 0.15) is 23.7 Å². The highest BCUT2D eigenvalue weighted by molar-refractivity contribution is 7.13. The standard InChI is InChI=1S/C54H64F2N10O6S/c1-33-50(73-32-61-33)35-13-11-34(12-14-35)27-60-52(70)46-25-39(67)30-66(46)53(71)51(54(2,3)4)63-47(68)9-6-10-48(69)65-17-15-38(16-18-65)58-28-37(26-57)45-29-59-44-8-5-7-40(49(44)62-45)36-23-42(55)41(43(56)24-36)31-64-19-21-72-22-20-64/h5,7-8,11-14,23-24,26,28-29,32,38-39,46,51,57-58,67H,6,9-10,15-22,25,27,30-31H2,1-4H3,(H,60,70)(H,63,68)/b37-28+,57-26?/t39?,46?,51-/m1/s1. The molecule has 4 amide bonds. The highest BCUT2D eigenvalue weighted by Crippen LogP contribution is 2.32. The number of aryl methyl sites for hydroxylation is 1. The number of rotatable bonds is 17. The Kier molecular flexibility index (Phi) is 17.0. The van der Waals surface area contributed by atoms with Crippen molar-refractivity contribution in [2.75, 3.05) is 45.9 Å². The minimum Gasteiger partial charge on any atom is -0.391 e. The molecule has 3 atom stereocenters. The number of thiazole rings is 1. The molecular formula is C54H64F2N10O6S. The van der Waals surface area contributed by atoms with E-state index in [9.17, 15) is 24.3 Å². The van der Waals surface area contributed by atoms with E-state index in [1.807, 2.05) is 56.9 Å². The Morgan fingerprint density at radius 2 is 1.70 bits per heavy atom. The first kappa shape index (κ1) is 52.8. The fourth-order valence-corrected chi connectivity index (χ4v) is 10.4. The molecule has 2 aromatic heterocycles. The van der Waals surface area contributed by atoms with Crippen molar-refractivity contribution in [1.29, 1.82) is 5.41 Å². The van der Waals surface area contributed by atoms with Gasteiger partial charge in [-0.2, -0.15) is 0 Å². The molecule has 2 unspecified atom stereocenters.